The van der Waals surface area contributed by atoms with E-state index in [0.717, 1.165) is 4.47 Å². The Labute approximate surface area is 189 Å². The van der Waals surface area contributed by atoms with Crippen molar-refractivity contribution < 1.29 is 22.7 Å². The predicted molar refractivity (Wildman–Crippen MR) is 111 cm³/mol. The van der Waals surface area contributed by atoms with E-state index in [2.05, 4.69) is 31.4 Å². The molecule has 0 aliphatic heterocycles. The van der Waals surface area contributed by atoms with Crippen LogP contribution in [-0.2, 0) is 19.5 Å². The molecule has 0 bridgehead atoms. The number of aromatic nitrogens is 4. The van der Waals surface area contributed by atoms with E-state index in [1.165, 1.54) is 16.3 Å². The predicted octanol–water partition coefficient (Wildman–Crippen LogP) is 4.68. The van der Waals surface area contributed by atoms with E-state index in [1.807, 2.05) is 12.1 Å². The number of nitrogens with zero attached hydrogens (tertiary/aromatic N) is 4. The molecular formula is C19H18BrClF3N5O2. The number of nitrogens with one attached hydrogen (secondary N) is 1. The normalized spacial score (nSPS) is 11.5. The second-order valence-corrected chi connectivity index (χ2v) is 7.84. The Morgan fingerprint density at radius 2 is 1.94 bits per heavy atom. The van der Waals surface area contributed by atoms with Gasteiger partial charge in [-0.25, -0.2) is 4.68 Å². The minimum absolute atomic E-state index is 0.135. The van der Waals surface area contributed by atoms with Crippen LogP contribution in [0.1, 0.15) is 28.3 Å². The summed E-state index contributed by atoms with van der Waals surface area (Å²) in [5.74, 6) is 0.265. The van der Waals surface area contributed by atoms with E-state index in [1.54, 1.807) is 24.4 Å². The molecule has 2 heterocycles. The number of carbonyl (C=O) groups excluding carboxylic acids is 1. The largest absolute Gasteiger partial charge is 0.471 e. The molecule has 3 rings (SSSR count). The van der Waals surface area contributed by atoms with E-state index < -0.39 is 22.8 Å². The SMILES string of the molecule is Cc1c(Cl)c(C(F)(F)F)nn1CCCNC(=O)c1ccn(COc2ccc(Br)cc2)n1. The zero-order valence-electron chi connectivity index (χ0n) is 16.3. The topological polar surface area (TPSA) is 74.0 Å². The van der Waals surface area contributed by atoms with Crippen molar-refractivity contribution in [3.63, 3.8) is 0 Å². The van der Waals surface area contributed by atoms with Crippen LogP contribution in [0.5, 0.6) is 5.75 Å². The molecule has 3 aromatic rings. The standard InChI is InChI=1S/C19H18BrClF3N5O2/c1-12-16(21)17(19(22,23)24)27-29(12)9-2-8-25-18(30)15-7-10-28(26-15)11-31-14-5-3-13(20)4-6-14/h3-7,10H,2,8-9,11H2,1H3,(H,25,30). The van der Waals surface area contributed by atoms with Gasteiger partial charge in [0.2, 0.25) is 0 Å². The summed E-state index contributed by atoms with van der Waals surface area (Å²) in [6.07, 6.45) is -2.63. The van der Waals surface area contributed by atoms with Crippen LogP contribution in [0.15, 0.2) is 41.0 Å². The first kappa shape index (κ1) is 23.1. The molecule has 0 radical (unpaired) electrons. The summed E-state index contributed by atoms with van der Waals surface area (Å²) in [6, 6.07) is 8.84. The fourth-order valence-corrected chi connectivity index (χ4v) is 3.18. The first-order valence-electron chi connectivity index (χ1n) is 9.15. The molecule has 0 saturated heterocycles. The Bertz CT molecular complexity index is 1050. The third-order valence-electron chi connectivity index (χ3n) is 4.28. The summed E-state index contributed by atoms with van der Waals surface area (Å²) in [7, 11) is 0. The van der Waals surface area contributed by atoms with Gasteiger partial charge in [0.15, 0.2) is 12.4 Å². The van der Waals surface area contributed by atoms with Crippen molar-refractivity contribution in [3.05, 3.63) is 63.1 Å². The summed E-state index contributed by atoms with van der Waals surface area (Å²) in [5.41, 5.74) is -0.673. The average Bonchev–Trinajstić information content (AvgIpc) is 3.30. The summed E-state index contributed by atoms with van der Waals surface area (Å²) in [4.78, 5) is 12.2. The van der Waals surface area contributed by atoms with Crippen molar-refractivity contribution in [1.29, 1.82) is 0 Å². The monoisotopic (exact) mass is 519 g/mol. The second-order valence-electron chi connectivity index (χ2n) is 6.55. The number of rotatable bonds is 8. The molecule has 166 valence electrons. The van der Waals surface area contributed by atoms with Crippen molar-refractivity contribution in [2.45, 2.75) is 32.8 Å². The zero-order valence-corrected chi connectivity index (χ0v) is 18.6. The van der Waals surface area contributed by atoms with Crippen LogP contribution in [0, 0.1) is 6.92 Å². The van der Waals surface area contributed by atoms with Gasteiger partial charge in [-0.1, -0.05) is 27.5 Å². The van der Waals surface area contributed by atoms with E-state index in [9.17, 15) is 18.0 Å². The molecule has 7 nitrogen and oxygen atoms in total. The van der Waals surface area contributed by atoms with Gasteiger partial charge in [0.25, 0.3) is 5.91 Å². The smallest absolute Gasteiger partial charge is 0.436 e. The molecule has 0 saturated carbocycles. The average molecular weight is 521 g/mol. The lowest BCUT2D eigenvalue weighted by Crippen LogP contribution is -2.26. The third kappa shape index (κ3) is 6.01. The van der Waals surface area contributed by atoms with Crippen molar-refractivity contribution in [1.82, 2.24) is 24.9 Å². The number of amides is 1. The lowest BCUT2D eigenvalue weighted by Gasteiger charge is -2.07. The molecule has 1 amide bonds. The lowest BCUT2D eigenvalue weighted by atomic mass is 10.3. The molecule has 0 aliphatic carbocycles. The van der Waals surface area contributed by atoms with Gasteiger partial charge in [0.05, 0.1) is 10.7 Å². The van der Waals surface area contributed by atoms with Gasteiger partial charge in [-0.15, -0.1) is 0 Å². The van der Waals surface area contributed by atoms with Crippen molar-refractivity contribution >= 4 is 33.4 Å². The number of alkyl halides is 3. The molecule has 31 heavy (non-hydrogen) atoms. The van der Waals surface area contributed by atoms with Gasteiger partial charge < -0.3 is 10.1 Å². The summed E-state index contributed by atoms with van der Waals surface area (Å²) < 4.78 is 47.7. The Balaban J connectivity index is 1.46. The molecule has 0 fully saturated rings. The molecule has 0 atom stereocenters. The number of ether oxygens (including phenoxy) is 1. The van der Waals surface area contributed by atoms with Crippen LogP contribution in [0.2, 0.25) is 5.02 Å². The Morgan fingerprint density at radius 3 is 2.58 bits per heavy atom. The Hall–Kier alpha value is -2.53. The summed E-state index contributed by atoms with van der Waals surface area (Å²) >= 11 is 9.06. The number of carbonyl (C=O) groups is 1. The number of hydrogen-bond donors (Lipinski definition) is 1. The van der Waals surface area contributed by atoms with Gasteiger partial charge in [-0.3, -0.25) is 9.48 Å². The number of hydrogen-bond acceptors (Lipinski definition) is 4. The van der Waals surface area contributed by atoms with Gasteiger partial charge in [0.1, 0.15) is 11.4 Å². The minimum atomic E-state index is -4.61. The highest BCUT2D eigenvalue weighted by Crippen LogP contribution is 2.35. The molecule has 2 aromatic heterocycles. The maximum Gasteiger partial charge on any atom is 0.436 e. The van der Waals surface area contributed by atoms with Crippen LogP contribution in [0.25, 0.3) is 0 Å². The van der Waals surface area contributed by atoms with Gasteiger partial charge >= 0.3 is 6.18 Å². The fraction of sp³-hybridized carbons (Fsp3) is 0.316. The fourth-order valence-electron chi connectivity index (χ4n) is 2.67. The van der Waals surface area contributed by atoms with E-state index in [-0.39, 0.29) is 31.2 Å². The molecule has 1 aromatic carbocycles. The van der Waals surface area contributed by atoms with E-state index in [4.69, 9.17) is 16.3 Å². The molecule has 0 unspecified atom stereocenters. The first-order valence-corrected chi connectivity index (χ1v) is 10.3. The zero-order chi connectivity index (χ0) is 22.6. The lowest BCUT2D eigenvalue weighted by molar-refractivity contribution is -0.141. The Morgan fingerprint density at radius 1 is 1.23 bits per heavy atom. The van der Waals surface area contributed by atoms with E-state index >= 15 is 0 Å². The molecule has 12 heteroatoms. The van der Waals surface area contributed by atoms with Crippen LogP contribution >= 0.6 is 27.5 Å². The molecule has 0 aliphatic rings. The van der Waals surface area contributed by atoms with Crippen LogP contribution < -0.4 is 10.1 Å². The maximum atomic E-state index is 12.9. The van der Waals surface area contributed by atoms with Gasteiger partial charge in [0, 0.05) is 23.8 Å². The van der Waals surface area contributed by atoms with Crippen molar-refractivity contribution in [2.24, 2.45) is 0 Å². The highest BCUT2D eigenvalue weighted by atomic mass is 79.9. The second kappa shape index (κ2) is 9.73. The van der Waals surface area contributed by atoms with Crippen LogP contribution in [0.4, 0.5) is 13.2 Å². The maximum absolute atomic E-state index is 12.9. The highest BCUT2D eigenvalue weighted by Gasteiger charge is 2.38. The van der Waals surface area contributed by atoms with Gasteiger partial charge in [-0.05, 0) is 43.7 Å². The molecule has 1 N–H and O–H groups in total. The quantitative estimate of drug-likeness (QED) is 0.438. The number of aryl methyl sites for hydroxylation is 1. The van der Waals surface area contributed by atoms with Gasteiger partial charge in [-0.2, -0.15) is 23.4 Å². The van der Waals surface area contributed by atoms with E-state index in [0.29, 0.717) is 12.2 Å². The molecular weight excluding hydrogens is 503 g/mol. The summed E-state index contributed by atoms with van der Waals surface area (Å²) in [6.45, 7) is 2.01. The summed E-state index contributed by atoms with van der Waals surface area (Å²) in [5, 5.41) is 9.94. The third-order valence-corrected chi connectivity index (χ3v) is 5.27. The van der Waals surface area contributed by atoms with Crippen molar-refractivity contribution in [2.75, 3.05) is 6.54 Å². The van der Waals surface area contributed by atoms with Crippen LogP contribution in [-0.4, -0.2) is 32.0 Å². The minimum Gasteiger partial charge on any atom is -0.471 e. The Kier molecular flexibility index (Phi) is 7.26. The number of benzene rings is 1. The van der Waals surface area contributed by atoms with Crippen LogP contribution in [0.3, 0.4) is 0 Å². The molecule has 0 spiro atoms. The van der Waals surface area contributed by atoms with Crippen molar-refractivity contribution in [3.8, 4) is 5.75 Å². The first-order chi connectivity index (χ1) is 14.6. The highest BCUT2D eigenvalue weighted by molar-refractivity contribution is 9.10. The number of halogens is 5.